The molecule has 1 aromatic heterocycles. The highest BCUT2D eigenvalue weighted by Gasteiger charge is 2.33. The van der Waals surface area contributed by atoms with Gasteiger partial charge in [0.25, 0.3) is 6.33 Å². The van der Waals surface area contributed by atoms with E-state index in [1.807, 2.05) is 6.33 Å². The van der Waals surface area contributed by atoms with Crippen LogP contribution >= 0.6 is 0 Å². The summed E-state index contributed by atoms with van der Waals surface area (Å²) < 4.78 is 9.10. The summed E-state index contributed by atoms with van der Waals surface area (Å²) in [5.41, 5.74) is 9.64. The number of ether oxygens (including phenoxy) is 1. The van der Waals surface area contributed by atoms with Gasteiger partial charge in [-0.25, -0.2) is 4.57 Å². The Balaban J connectivity index is 1.65. The molecule has 0 atom stereocenters. The summed E-state index contributed by atoms with van der Waals surface area (Å²) in [6.07, 6.45) is 2.88. The zero-order chi connectivity index (χ0) is 26.1. The zero-order valence-electron chi connectivity index (χ0n) is 22.9. The molecule has 0 fully saturated rings. The first-order chi connectivity index (χ1) is 17.6. The molecule has 3 nitrogen and oxygen atoms in total. The van der Waals surface area contributed by atoms with Crippen molar-refractivity contribution in [1.82, 2.24) is 4.98 Å². The average molecular weight is 488 g/mol. The van der Waals surface area contributed by atoms with Crippen LogP contribution in [0.25, 0.3) is 44.1 Å². The van der Waals surface area contributed by atoms with Gasteiger partial charge in [-0.15, -0.1) is 0 Å². The smallest absolute Gasteiger partial charge is 0.287 e. The van der Waals surface area contributed by atoms with Crippen LogP contribution in [0.1, 0.15) is 57.2 Å². The monoisotopic (exact) mass is 487 g/mol. The number of nitrogens with zero attached hydrogens (tertiary/aromatic N) is 2. The topological polar surface area (TPSA) is 26.0 Å². The van der Waals surface area contributed by atoms with Gasteiger partial charge in [-0.05, 0) is 74.8 Å². The van der Waals surface area contributed by atoms with Crippen LogP contribution in [0.4, 0.5) is 0 Å². The summed E-state index contributed by atoms with van der Waals surface area (Å²) in [4.78, 5) is 4.85. The maximum Gasteiger partial charge on any atom is 0.287 e. The van der Waals surface area contributed by atoms with E-state index in [0.29, 0.717) is 5.92 Å². The molecule has 0 aliphatic carbocycles. The first-order valence-corrected chi connectivity index (χ1v) is 13.3. The Kier molecular flexibility index (Phi) is 5.38. The lowest BCUT2D eigenvalue weighted by molar-refractivity contribution is -0.662. The third kappa shape index (κ3) is 3.89. The van der Waals surface area contributed by atoms with Gasteiger partial charge in [-0.3, -0.25) is 0 Å². The maximum atomic E-state index is 6.94. The van der Waals surface area contributed by atoms with Gasteiger partial charge in [0.15, 0.2) is 11.2 Å². The highest BCUT2D eigenvalue weighted by Crippen LogP contribution is 2.52. The summed E-state index contributed by atoms with van der Waals surface area (Å²) in [7, 11) is 2.09. The zero-order valence-corrected chi connectivity index (χ0v) is 22.9. The molecule has 0 N–H and O–H groups in total. The second kappa shape index (κ2) is 8.41. The number of benzene rings is 4. The van der Waals surface area contributed by atoms with Crippen molar-refractivity contribution in [1.29, 1.82) is 0 Å². The molecule has 3 heteroatoms. The van der Waals surface area contributed by atoms with E-state index in [4.69, 9.17) is 9.72 Å². The van der Waals surface area contributed by atoms with E-state index in [-0.39, 0.29) is 5.41 Å². The van der Waals surface area contributed by atoms with Crippen molar-refractivity contribution in [2.24, 2.45) is 12.5 Å². The van der Waals surface area contributed by atoms with Crippen molar-refractivity contribution in [3.8, 4) is 33.9 Å². The second-order valence-electron chi connectivity index (χ2n) is 12.0. The molecule has 2 heterocycles. The summed E-state index contributed by atoms with van der Waals surface area (Å²) in [6.45, 7) is 13.6. The standard InChI is InChI=1S/C34H35N2O/c1-20(2)22-12-14-23(15-13-22)24-16-28-31-29(17-24)37-33-27(18-34(4,5)6)26-11-9-8-10-25(26)21(3)30(33)32(31)36(7)19-35-28/h8-17,19-20H,18H2,1-7H3/q+1. The normalized spacial score (nSPS) is 12.8. The molecule has 0 saturated carbocycles. The number of hydrogen-bond acceptors (Lipinski definition) is 2. The molecule has 0 spiro atoms. The van der Waals surface area contributed by atoms with Gasteiger partial charge in [-0.2, -0.15) is 0 Å². The van der Waals surface area contributed by atoms with Crippen molar-refractivity contribution in [3.63, 3.8) is 0 Å². The van der Waals surface area contributed by atoms with Crippen molar-refractivity contribution < 1.29 is 9.30 Å². The van der Waals surface area contributed by atoms with Gasteiger partial charge < -0.3 is 4.74 Å². The molecule has 5 aromatic rings. The van der Waals surface area contributed by atoms with Crippen molar-refractivity contribution in [2.45, 2.75) is 53.9 Å². The van der Waals surface area contributed by atoms with Crippen LogP contribution < -0.4 is 9.30 Å². The molecule has 6 rings (SSSR count). The minimum absolute atomic E-state index is 0.116. The summed E-state index contributed by atoms with van der Waals surface area (Å²) in [5, 5.41) is 3.66. The van der Waals surface area contributed by atoms with Crippen LogP contribution in [0.3, 0.4) is 0 Å². The van der Waals surface area contributed by atoms with E-state index in [0.717, 1.165) is 34.4 Å². The second-order valence-corrected chi connectivity index (χ2v) is 12.0. The van der Waals surface area contributed by atoms with Gasteiger partial charge in [0, 0.05) is 5.56 Å². The van der Waals surface area contributed by atoms with Gasteiger partial charge in [0.05, 0.1) is 12.6 Å². The van der Waals surface area contributed by atoms with Gasteiger partial charge in [-0.1, -0.05) is 83.1 Å². The lowest BCUT2D eigenvalue weighted by Crippen LogP contribution is -2.33. The predicted octanol–water partition coefficient (Wildman–Crippen LogP) is 8.67. The van der Waals surface area contributed by atoms with Crippen LogP contribution in [0, 0.1) is 12.3 Å². The molecule has 0 bridgehead atoms. The van der Waals surface area contributed by atoms with Crippen LogP contribution in [0.15, 0.2) is 67.0 Å². The SMILES string of the molecule is Cc1c2c(c(CC(C)(C)C)c3ccccc13)Oc1cc(-c3ccc(C(C)C)cc3)cc3nc[n+](C)c-2c13. The lowest BCUT2D eigenvalue weighted by Gasteiger charge is -2.28. The highest BCUT2D eigenvalue weighted by atomic mass is 16.5. The van der Waals surface area contributed by atoms with Gasteiger partial charge in [0.1, 0.15) is 16.9 Å². The van der Waals surface area contributed by atoms with Crippen molar-refractivity contribution >= 4 is 21.7 Å². The number of rotatable bonds is 3. The summed E-state index contributed by atoms with van der Waals surface area (Å²) in [6, 6.07) is 22.1. The Labute approximate surface area is 219 Å². The van der Waals surface area contributed by atoms with Crippen LogP contribution in [0.5, 0.6) is 11.5 Å². The Hall–Kier alpha value is -3.72. The molecular weight excluding hydrogens is 452 g/mol. The first kappa shape index (κ1) is 23.7. The van der Waals surface area contributed by atoms with E-state index >= 15 is 0 Å². The Bertz CT molecular complexity index is 1690. The molecular formula is C34H35N2O+. The number of aryl methyl sites for hydroxylation is 2. The van der Waals surface area contributed by atoms with Crippen LogP contribution in [0.2, 0.25) is 0 Å². The minimum Gasteiger partial charge on any atom is -0.455 e. The van der Waals surface area contributed by atoms with Crippen molar-refractivity contribution in [3.05, 3.63) is 83.7 Å². The van der Waals surface area contributed by atoms with Crippen LogP contribution in [-0.2, 0) is 13.5 Å². The molecule has 0 saturated heterocycles. The fourth-order valence-electron chi connectivity index (χ4n) is 5.80. The lowest BCUT2D eigenvalue weighted by atomic mass is 9.82. The van der Waals surface area contributed by atoms with Gasteiger partial charge >= 0.3 is 0 Å². The average Bonchev–Trinajstić information content (AvgIpc) is 2.87. The van der Waals surface area contributed by atoms with E-state index in [2.05, 4.69) is 114 Å². The fraction of sp³-hybridized carbons (Fsp3) is 0.294. The molecule has 4 aromatic carbocycles. The quantitative estimate of drug-likeness (QED) is 0.233. The van der Waals surface area contributed by atoms with Crippen molar-refractivity contribution in [2.75, 3.05) is 0 Å². The van der Waals surface area contributed by atoms with Gasteiger partial charge in [0.2, 0.25) is 0 Å². The molecule has 0 radical (unpaired) electrons. The molecule has 186 valence electrons. The fourth-order valence-corrected chi connectivity index (χ4v) is 5.80. The summed E-state index contributed by atoms with van der Waals surface area (Å²) >= 11 is 0. The van der Waals surface area contributed by atoms with E-state index in [9.17, 15) is 0 Å². The Morgan fingerprint density at radius 1 is 0.919 bits per heavy atom. The molecule has 0 amide bonds. The van der Waals surface area contributed by atoms with Crippen LogP contribution in [-0.4, -0.2) is 4.98 Å². The largest absolute Gasteiger partial charge is 0.455 e. The Morgan fingerprint density at radius 3 is 2.30 bits per heavy atom. The number of hydrogen-bond donors (Lipinski definition) is 0. The van der Waals surface area contributed by atoms with E-state index in [1.165, 1.54) is 44.3 Å². The molecule has 1 aliphatic rings. The first-order valence-electron chi connectivity index (χ1n) is 13.3. The molecule has 0 unspecified atom stereocenters. The number of aromatic nitrogens is 2. The number of fused-ring (bicyclic) bond motifs is 3. The maximum absolute atomic E-state index is 6.94. The van der Waals surface area contributed by atoms with E-state index < -0.39 is 0 Å². The van der Waals surface area contributed by atoms with E-state index in [1.54, 1.807) is 0 Å². The summed E-state index contributed by atoms with van der Waals surface area (Å²) in [5.74, 6) is 2.39. The third-order valence-corrected chi connectivity index (χ3v) is 7.64. The highest BCUT2D eigenvalue weighted by molar-refractivity contribution is 6.06. The minimum atomic E-state index is 0.116. The third-order valence-electron chi connectivity index (χ3n) is 7.64. The molecule has 1 aliphatic heterocycles. The predicted molar refractivity (Wildman–Crippen MR) is 153 cm³/mol. The Morgan fingerprint density at radius 2 is 1.62 bits per heavy atom. The molecule has 37 heavy (non-hydrogen) atoms.